The minimum atomic E-state index is -2.68. The van der Waals surface area contributed by atoms with Crippen LogP contribution in [0.5, 0.6) is 0 Å². The summed E-state index contributed by atoms with van der Waals surface area (Å²) in [7, 11) is -10.0. The topological polar surface area (TPSA) is 46.2 Å². The highest BCUT2D eigenvalue weighted by molar-refractivity contribution is 6.90. The zero-order valence-corrected chi connectivity index (χ0v) is 27.2. The maximum Gasteiger partial charge on any atom is 0.469 e. The summed E-state index contributed by atoms with van der Waals surface area (Å²) < 4.78 is 32.3. The molecule has 0 saturated carbocycles. The standard InChI is InChI=1S/C20H52O5Si5/c1-13-21-29(12,22-14-2)19-17-15-16-18-20-30(23-26(3,4)5,24-27(6,7)8)25-28(9,10)11/h13-20H2,1-12H3. The van der Waals surface area contributed by atoms with E-state index in [0.717, 1.165) is 38.1 Å². The Bertz CT molecular complexity index is 425. The molecule has 182 valence electrons. The molecule has 0 aromatic rings. The lowest BCUT2D eigenvalue weighted by atomic mass is 10.2. The highest BCUT2D eigenvalue weighted by Gasteiger charge is 2.49. The van der Waals surface area contributed by atoms with Crippen molar-refractivity contribution >= 4 is 42.3 Å². The summed E-state index contributed by atoms with van der Waals surface area (Å²) in [5.74, 6) is 0. The molecule has 0 rings (SSSR count). The van der Waals surface area contributed by atoms with Gasteiger partial charge >= 0.3 is 17.4 Å². The van der Waals surface area contributed by atoms with E-state index in [-0.39, 0.29) is 0 Å². The summed E-state index contributed by atoms with van der Waals surface area (Å²) in [6, 6.07) is 2.01. The molecule has 0 spiro atoms. The van der Waals surface area contributed by atoms with Crippen molar-refractivity contribution in [1.29, 1.82) is 0 Å². The zero-order chi connectivity index (χ0) is 23.7. The molecule has 10 heteroatoms. The van der Waals surface area contributed by atoms with Crippen molar-refractivity contribution in [2.24, 2.45) is 0 Å². The third-order valence-electron chi connectivity index (χ3n) is 4.15. The fraction of sp³-hybridized carbons (Fsp3) is 1.00. The van der Waals surface area contributed by atoms with Gasteiger partial charge in [0.05, 0.1) is 0 Å². The van der Waals surface area contributed by atoms with Crippen LogP contribution >= 0.6 is 0 Å². The van der Waals surface area contributed by atoms with Crippen LogP contribution in [0, 0.1) is 0 Å². The summed E-state index contributed by atoms with van der Waals surface area (Å²) >= 11 is 0. The SMILES string of the molecule is CCO[Si](C)(CCCCCC[Si](O[Si](C)(C)C)(O[Si](C)(C)C)O[Si](C)(C)C)OCC. The lowest BCUT2D eigenvalue weighted by molar-refractivity contribution is 0.188. The lowest BCUT2D eigenvalue weighted by Gasteiger charge is -2.43. The first-order chi connectivity index (χ1) is 13.4. The van der Waals surface area contributed by atoms with Crippen LogP contribution in [-0.4, -0.2) is 55.5 Å². The zero-order valence-electron chi connectivity index (χ0n) is 22.2. The van der Waals surface area contributed by atoms with Crippen LogP contribution in [0.25, 0.3) is 0 Å². The van der Waals surface area contributed by atoms with Crippen LogP contribution in [0.4, 0.5) is 0 Å². The van der Waals surface area contributed by atoms with Gasteiger partial charge in [0.2, 0.25) is 0 Å². The largest absolute Gasteiger partial charge is 0.469 e. The first kappa shape index (κ1) is 30.9. The van der Waals surface area contributed by atoms with Gasteiger partial charge in [-0.2, -0.15) is 0 Å². The Morgan fingerprint density at radius 2 is 0.800 bits per heavy atom. The Morgan fingerprint density at radius 3 is 1.10 bits per heavy atom. The lowest BCUT2D eigenvalue weighted by Crippen LogP contribution is -2.60. The van der Waals surface area contributed by atoms with Crippen molar-refractivity contribution < 1.29 is 21.2 Å². The van der Waals surface area contributed by atoms with Crippen LogP contribution in [0.1, 0.15) is 39.5 Å². The molecule has 0 atom stereocenters. The molecule has 30 heavy (non-hydrogen) atoms. The predicted molar refractivity (Wildman–Crippen MR) is 142 cm³/mol. The predicted octanol–water partition coefficient (Wildman–Crippen LogP) is 7.19. The van der Waals surface area contributed by atoms with E-state index in [1.807, 2.05) is 0 Å². The van der Waals surface area contributed by atoms with E-state index in [1.54, 1.807) is 0 Å². The summed E-state index contributed by atoms with van der Waals surface area (Å²) in [6.45, 7) is 28.1. The number of unbranched alkanes of at least 4 members (excludes halogenated alkanes) is 3. The van der Waals surface area contributed by atoms with Gasteiger partial charge in [0.15, 0.2) is 25.0 Å². The fourth-order valence-electron chi connectivity index (χ4n) is 3.55. The van der Waals surface area contributed by atoms with Crippen molar-refractivity contribution in [2.75, 3.05) is 13.2 Å². The Morgan fingerprint density at radius 1 is 0.467 bits per heavy atom. The molecule has 0 aliphatic rings. The first-order valence-electron chi connectivity index (χ1n) is 11.8. The highest BCUT2D eigenvalue weighted by atomic mass is 28.5. The Labute approximate surface area is 193 Å². The van der Waals surface area contributed by atoms with Gasteiger partial charge in [-0.05, 0) is 91.8 Å². The average molecular weight is 513 g/mol. The molecule has 0 heterocycles. The van der Waals surface area contributed by atoms with Gasteiger partial charge in [-0.15, -0.1) is 0 Å². The number of rotatable bonds is 17. The van der Waals surface area contributed by atoms with E-state index < -0.39 is 42.3 Å². The Balaban J connectivity index is 4.99. The second-order valence-corrected chi connectivity index (χ2v) is 31.6. The second-order valence-electron chi connectivity index (χ2n) is 11.2. The molecule has 0 aromatic heterocycles. The van der Waals surface area contributed by atoms with Gasteiger partial charge in [0, 0.05) is 19.3 Å². The normalized spacial score (nSPS) is 14.4. The van der Waals surface area contributed by atoms with Crippen molar-refractivity contribution in [3.05, 3.63) is 0 Å². The third kappa shape index (κ3) is 15.6. The summed E-state index contributed by atoms with van der Waals surface area (Å²) in [5, 5.41) is 0. The van der Waals surface area contributed by atoms with Crippen molar-refractivity contribution in [1.82, 2.24) is 0 Å². The molecule has 0 N–H and O–H groups in total. The Hall–Kier alpha value is 0.884. The second kappa shape index (κ2) is 12.9. The van der Waals surface area contributed by atoms with E-state index in [1.165, 1.54) is 12.8 Å². The van der Waals surface area contributed by atoms with E-state index in [0.29, 0.717) is 0 Å². The minimum absolute atomic E-state index is 0.743. The van der Waals surface area contributed by atoms with Gasteiger partial charge in [0.1, 0.15) is 0 Å². The van der Waals surface area contributed by atoms with Crippen molar-refractivity contribution in [2.45, 2.75) is 117 Å². The first-order valence-corrected chi connectivity index (χ1v) is 26.5. The van der Waals surface area contributed by atoms with Crippen LogP contribution in [0.2, 0.25) is 77.6 Å². The molecule has 0 amide bonds. The molecule has 0 saturated heterocycles. The molecule has 0 aliphatic heterocycles. The smallest absolute Gasteiger partial charge is 0.417 e. The van der Waals surface area contributed by atoms with E-state index in [9.17, 15) is 0 Å². The summed E-state index contributed by atoms with van der Waals surface area (Å²) in [6.07, 6.45) is 4.64. The van der Waals surface area contributed by atoms with Crippen LogP contribution in [0.3, 0.4) is 0 Å². The number of hydrogen-bond donors (Lipinski definition) is 0. The van der Waals surface area contributed by atoms with Gasteiger partial charge in [0.25, 0.3) is 0 Å². The van der Waals surface area contributed by atoms with E-state index in [4.69, 9.17) is 21.2 Å². The molecule has 0 fully saturated rings. The molecular formula is C20H52O5Si5. The monoisotopic (exact) mass is 512 g/mol. The quantitative estimate of drug-likeness (QED) is 0.152. The van der Waals surface area contributed by atoms with E-state index >= 15 is 0 Å². The van der Waals surface area contributed by atoms with Crippen molar-refractivity contribution in [3.8, 4) is 0 Å². The average Bonchev–Trinajstić information content (AvgIpc) is 2.45. The highest BCUT2D eigenvalue weighted by Crippen LogP contribution is 2.31. The van der Waals surface area contributed by atoms with Crippen LogP contribution in [0.15, 0.2) is 0 Å². The molecule has 0 bridgehead atoms. The Kier molecular flexibility index (Phi) is 13.3. The molecule has 5 nitrogen and oxygen atoms in total. The van der Waals surface area contributed by atoms with Crippen LogP contribution in [-0.2, 0) is 21.2 Å². The summed E-state index contributed by atoms with van der Waals surface area (Å²) in [4.78, 5) is 0. The molecule has 0 aliphatic carbocycles. The molecule has 0 unspecified atom stereocenters. The molecular weight excluding hydrogens is 461 g/mol. The maximum absolute atomic E-state index is 6.77. The molecule has 0 aromatic carbocycles. The van der Waals surface area contributed by atoms with Gasteiger partial charge in [-0.25, -0.2) is 0 Å². The van der Waals surface area contributed by atoms with Gasteiger partial charge in [-0.3, -0.25) is 0 Å². The summed E-state index contributed by atoms with van der Waals surface area (Å²) in [5.41, 5.74) is 0. The maximum atomic E-state index is 6.77. The fourth-order valence-corrected chi connectivity index (χ4v) is 20.8. The third-order valence-corrected chi connectivity index (χ3v) is 19.3. The van der Waals surface area contributed by atoms with Crippen molar-refractivity contribution in [3.63, 3.8) is 0 Å². The van der Waals surface area contributed by atoms with Crippen LogP contribution < -0.4 is 0 Å². The number of hydrogen-bond acceptors (Lipinski definition) is 5. The minimum Gasteiger partial charge on any atom is -0.417 e. The van der Waals surface area contributed by atoms with E-state index in [2.05, 4.69) is 79.3 Å². The van der Waals surface area contributed by atoms with Gasteiger partial charge < -0.3 is 21.2 Å². The van der Waals surface area contributed by atoms with Gasteiger partial charge in [-0.1, -0.05) is 19.3 Å². The molecule has 0 radical (unpaired) electrons.